The van der Waals surface area contributed by atoms with Crippen LogP contribution in [0.15, 0.2) is 5.16 Å². The Hall–Kier alpha value is -1.57. The standard InChI is InChI=1S/C16H27N5O2S/c1-4-6-13-18-16(21-20-13)24-9-14(22)19-15(23)17-12-8-5-7-10(2)11(12)3/h10-12H,4-9H2,1-3H3,(H,18,20,21)(H2,17,19,22,23)/t10-,11+,12+/m0/s1. The molecule has 0 unspecified atom stereocenters. The van der Waals surface area contributed by atoms with Crippen molar-refractivity contribution in [1.82, 2.24) is 25.8 Å². The van der Waals surface area contributed by atoms with E-state index in [1.54, 1.807) is 0 Å². The van der Waals surface area contributed by atoms with E-state index < -0.39 is 6.03 Å². The molecule has 24 heavy (non-hydrogen) atoms. The van der Waals surface area contributed by atoms with Crippen LogP contribution < -0.4 is 10.6 Å². The van der Waals surface area contributed by atoms with E-state index in [-0.39, 0.29) is 17.7 Å². The van der Waals surface area contributed by atoms with E-state index in [1.807, 2.05) is 0 Å². The van der Waals surface area contributed by atoms with Crippen LogP contribution in [0.3, 0.4) is 0 Å². The Labute approximate surface area is 147 Å². The van der Waals surface area contributed by atoms with E-state index in [0.717, 1.165) is 31.5 Å². The first-order valence-electron chi connectivity index (χ1n) is 8.64. The van der Waals surface area contributed by atoms with Crippen LogP contribution in [0.5, 0.6) is 0 Å². The van der Waals surface area contributed by atoms with Crippen LogP contribution in [0.4, 0.5) is 4.79 Å². The number of hydrogen-bond acceptors (Lipinski definition) is 5. The second-order valence-electron chi connectivity index (χ2n) is 6.50. The van der Waals surface area contributed by atoms with Crippen LogP contribution in [-0.4, -0.2) is 38.9 Å². The molecule has 1 aromatic rings. The van der Waals surface area contributed by atoms with Crippen molar-refractivity contribution in [3.05, 3.63) is 5.82 Å². The number of imide groups is 1. The quantitative estimate of drug-likeness (QED) is 0.682. The van der Waals surface area contributed by atoms with Gasteiger partial charge in [0.1, 0.15) is 5.82 Å². The molecule has 7 nitrogen and oxygen atoms in total. The van der Waals surface area contributed by atoms with E-state index in [1.165, 1.54) is 18.2 Å². The molecule has 0 radical (unpaired) electrons. The van der Waals surface area contributed by atoms with Gasteiger partial charge >= 0.3 is 6.03 Å². The first-order chi connectivity index (χ1) is 11.5. The maximum atomic E-state index is 12.0. The van der Waals surface area contributed by atoms with Crippen LogP contribution in [0.2, 0.25) is 0 Å². The molecule has 1 aliphatic carbocycles. The smallest absolute Gasteiger partial charge is 0.321 e. The molecule has 0 saturated heterocycles. The van der Waals surface area contributed by atoms with Crippen LogP contribution in [0, 0.1) is 11.8 Å². The Balaban J connectivity index is 1.72. The van der Waals surface area contributed by atoms with E-state index in [9.17, 15) is 9.59 Å². The molecule has 3 amide bonds. The highest BCUT2D eigenvalue weighted by atomic mass is 32.2. The van der Waals surface area contributed by atoms with E-state index >= 15 is 0 Å². The second kappa shape index (κ2) is 9.05. The monoisotopic (exact) mass is 353 g/mol. The number of H-pyrrole nitrogens is 1. The van der Waals surface area contributed by atoms with Gasteiger partial charge in [0.25, 0.3) is 0 Å². The highest BCUT2D eigenvalue weighted by Gasteiger charge is 2.28. The van der Waals surface area contributed by atoms with Crippen molar-refractivity contribution in [3.63, 3.8) is 0 Å². The number of hydrogen-bond donors (Lipinski definition) is 3. The molecule has 0 aromatic carbocycles. The van der Waals surface area contributed by atoms with Crippen molar-refractivity contribution < 1.29 is 9.59 Å². The molecule has 1 aromatic heterocycles. The lowest BCUT2D eigenvalue weighted by Crippen LogP contribution is -2.49. The number of rotatable bonds is 6. The van der Waals surface area contributed by atoms with E-state index in [4.69, 9.17) is 0 Å². The molecule has 0 bridgehead atoms. The van der Waals surface area contributed by atoms with Gasteiger partial charge < -0.3 is 5.32 Å². The Morgan fingerprint density at radius 2 is 2.12 bits per heavy atom. The maximum Gasteiger partial charge on any atom is 0.321 e. The second-order valence-corrected chi connectivity index (χ2v) is 7.44. The summed E-state index contributed by atoms with van der Waals surface area (Å²) in [6.45, 7) is 6.43. The molecule has 1 fully saturated rings. The van der Waals surface area contributed by atoms with Gasteiger partial charge in [0, 0.05) is 12.5 Å². The van der Waals surface area contributed by atoms with E-state index in [0.29, 0.717) is 17.0 Å². The number of aromatic nitrogens is 3. The zero-order chi connectivity index (χ0) is 17.5. The molecule has 1 heterocycles. The third kappa shape index (κ3) is 5.51. The van der Waals surface area contributed by atoms with Gasteiger partial charge in [0.05, 0.1) is 5.75 Å². The van der Waals surface area contributed by atoms with Gasteiger partial charge in [-0.15, -0.1) is 5.10 Å². The largest absolute Gasteiger partial charge is 0.335 e. The Kier molecular flexibility index (Phi) is 7.08. The van der Waals surface area contributed by atoms with Gasteiger partial charge in [-0.2, -0.15) is 0 Å². The van der Waals surface area contributed by atoms with Gasteiger partial charge in [-0.05, 0) is 24.7 Å². The first-order valence-corrected chi connectivity index (χ1v) is 9.62. The first kappa shape index (κ1) is 18.8. The fourth-order valence-electron chi connectivity index (χ4n) is 2.97. The molecule has 1 aliphatic rings. The summed E-state index contributed by atoms with van der Waals surface area (Å²) in [5.41, 5.74) is 0. The number of carbonyl (C=O) groups is 2. The Morgan fingerprint density at radius 1 is 1.33 bits per heavy atom. The summed E-state index contributed by atoms with van der Waals surface area (Å²) in [5, 5.41) is 12.7. The zero-order valence-electron chi connectivity index (χ0n) is 14.6. The lowest BCUT2D eigenvalue weighted by Gasteiger charge is -2.34. The van der Waals surface area contributed by atoms with Gasteiger partial charge in [-0.1, -0.05) is 45.4 Å². The zero-order valence-corrected chi connectivity index (χ0v) is 15.4. The minimum Gasteiger partial charge on any atom is -0.335 e. The molecule has 0 spiro atoms. The fraction of sp³-hybridized carbons (Fsp3) is 0.750. The molecule has 2 rings (SSSR count). The summed E-state index contributed by atoms with van der Waals surface area (Å²) in [6.07, 6.45) is 5.11. The normalized spacial score (nSPS) is 23.7. The predicted molar refractivity (Wildman–Crippen MR) is 93.7 cm³/mol. The summed E-state index contributed by atoms with van der Waals surface area (Å²) in [5.74, 6) is 1.62. The van der Waals surface area contributed by atoms with Crippen LogP contribution in [0.1, 0.15) is 52.3 Å². The number of carbonyl (C=O) groups excluding carboxylic acids is 2. The van der Waals surface area contributed by atoms with Crippen molar-refractivity contribution in [2.45, 2.75) is 64.1 Å². The molecule has 1 saturated carbocycles. The number of nitrogens with zero attached hydrogens (tertiary/aromatic N) is 2. The minimum atomic E-state index is -0.409. The van der Waals surface area contributed by atoms with Crippen molar-refractivity contribution in [2.24, 2.45) is 11.8 Å². The van der Waals surface area contributed by atoms with Crippen molar-refractivity contribution in [2.75, 3.05) is 5.75 Å². The van der Waals surface area contributed by atoms with Crippen LogP contribution in [-0.2, 0) is 11.2 Å². The van der Waals surface area contributed by atoms with Gasteiger partial charge in [-0.25, -0.2) is 9.78 Å². The van der Waals surface area contributed by atoms with Gasteiger partial charge in [0.15, 0.2) is 0 Å². The molecule has 3 N–H and O–H groups in total. The van der Waals surface area contributed by atoms with E-state index in [2.05, 4.69) is 46.6 Å². The Morgan fingerprint density at radius 3 is 2.88 bits per heavy atom. The number of aromatic amines is 1. The molecule has 8 heteroatoms. The average molecular weight is 353 g/mol. The number of amides is 3. The number of nitrogens with one attached hydrogen (secondary N) is 3. The average Bonchev–Trinajstić information content (AvgIpc) is 2.98. The third-order valence-electron chi connectivity index (χ3n) is 4.61. The highest BCUT2D eigenvalue weighted by Crippen LogP contribution is 2.29. The van der Waals surface area contributed by atoms with Crippen molar-refractivity contribution in [3.8, 4) is 0 Å². The van der Waals surface area contributed by atoms with Crippen molar-refractivity contribution >= 4 is 23.7 Å². The number of aryl methyl sites for hydroxylation is 1. The minimum absolute atomic E-state index is 0.119. The fourth-order valence-corrected chi connectivity index (χ4v) is 3.59. The number of thioether (sulfide) groups is 1. The van der Waals surface area contributed by atoms with Crippen LogP contribution in [0.25, 0.3) is 0 Å². The lowest BCUT2D eigenvalue weighted by atomic mass is 9.78. The SMILES string of the molecule is CCCc1nc(SCC(=O)NC(=O)N[C@@H]2CCC[C@H](C)[C@H]2C)n[nH]1. The summed E-state index contributed by atoms with van der Waals surface area (Å²) in [6, 6.07) is -0.271. The predicted octanol–water partition coefficient (Wildman–Crippen LogP) is 2.50. The summed E-state index contributed by atoms with van der Waals surface area (Å²) < 4.78 is 0. The molecular formula is C16H27N5O2S. The molecule has 0 aliphatic heterocycles. The highest BCUT2D eigenvalue weighted by molar-refractivity contribution is 7.99. The third-order valence-corrected chi connectivity index (χ3v) is 5.45. The van der Waals surface area contributed by atoms with Gasteiger partial charge in [-0.3, -0.25) is 15.2 Å². The molecule has 3 atom stereocenters. The summed E-state index contributed by atoms with van der Waals surface area (Å²) in [4.78, 5) is 28.2. The maximum absolute atomic E-state index is 12.0. The molecular weight excluding hydrogens is 326 g/mol. The van der Waals surface area contributed by atoms with Crippen LogP contribution >= 0.6 is 11.8 Å². The topological polar surface area (TPSA) is 99.8 Å². The molecule has 134 valence electrons. The van der Waals surface area contributed by atoms with Crippen molar-refractivity contribution in [1.29, 1.82) is 0 Å². The summed E-state index contributed by atoms with van der Waals surface area (Å²) >= 11 is 1.22. The summed E-state index contributed by atoms with van der Waals surface area (Å²) in [7, 11) is 0. The lowest BCUT2D eigenvalue weighted by molar-refractivity contribution is -0.117. The van der Waals surface area contributed by atoms with Gasteiger partial charge in [0.2, 0.25) is 11.1 Å². The number of urea groups is 1. The Bertz CT molecular complexity index is 562.